The zero-order valence-corrected chi connectivity index (χ0v) is 12.8. The third-order valence-corrected chi connectivity index (χ3v) is 4.37. The van der Waals surface area contributed by atoms with Crippen molar-refractivity contribution in [1.82, 2.24) is 15.0 Å². The van der Waals surface area contributed by atoms with Gasteiger partial charge in [0.2, 0.25) is 11.7 Å². The van der Waals surface area contributed by atoms with Crippen LogP contribution in [0.25, 0.3) is 11.4 Å². The summed E-state index contributed by atoms with van der Waals surface area (Å²) in [5, 5.41) is 4.64. The Morgan fingerprint density at radius 3 is 3.00 bits per heavy atom. The fourth-order valence-corrected chi connectivity index (χ4v) is 2.80. The van der Waals surface area contributed by atoms with Crippen LogP contribution < -0.4 is 5.73 Å². The number of piperidine rings is 1. The molecule has 0 spiro atoms. The van der Waals surface area contributed by atoms with E-state index in [0.717, 1.165) is 25.1 Å². The first kappa shape index (κ1) is 14.5. The summed E-state index contributed by atoms with van der Waals surface area (Å²) in [6, 6.07) is 7.70. The van der Waals surface area contributed by atoms with Crippen LogP contribution in [0.1, 0.15) is 19.2 Å². The molecule has 5 nitrogen and oxygen atoms in total. The summed E-state index contributed by atoms with van der Waals surface area (Å²) in [6.07, 6.45) is 1.10. The molecule has 2 unspecified atom stereocenters. The smallest absolute Gasteiger partial charge is 0.241 e. The van der Waals surface area contributed by atoms with Gasteiger partial charge in [0.25, 0.3) is 0 Å². The molecular weight excluding hydrogens is 288 g/mol. The third-order valence-electron chi connectivity index (χ3n) is 4.04. The van der Waals surface area contributed by atoms with E-state index in [1.807, 2.05) is 24.3 Å². The van der Waals surface area contributed by atoms with E-state index in [2.05, 4.69) is 22.0 Å². The first-order valence-electron chi connectivity index (χ1n) is 7.19. The summed E-state index contributed by atoms with van der Waals surface area (Å²) >= 11 is 6.15. The van der Waals surface area contributed by atoms with Gasteiger partial charge in [-0.15, -0.1) is 0 Å². The van der Waals surface area contributed by atoms with E-state index in [1.165, 1.54) is 0 Å². The molecule has 0 saturated carbocycles. The van der Waals surface area contributed by atoms with Crippen molar-refractivity contribution in [2.75, 3.05) is 13.1 Å². The minimum Gasteiger partial charge on any atom is -0.338 e. The lowest BCUT2D eigenvalue weighted by Gasteiger charge is -2.34. The van der Waals surface area contributed by atoms with Crippen LogP contribution in [0, 0.1) is 5.92 Å². The highest BCUT2D eigenvalue weighted by Crippen LogP contribution is 2.25. The average molecular weight is 307 g/mol. The second-order valence-electron chi connectivity index (χ2n) is 5.66. The molecule has 2 heterocycles. The molecule has 6 heteroatoms. The highest BCUT2D eigenvalue weighted by atomic mass is 35.5. The van der Waals surface area contributed by atoms with Crippen molar-refractivity contribution >= 4 is 11.6 Å². The van der Waals surface area contributed by atoms with E-state index < -0.39 is 0 Å². The Morgan fingerprint density at radius 2 is 2.24 bits per heavy atom. The maximum Gasteiger partial charge on any atom is 0.241 e. The number of nitrogens with two attached hydrogens (primary N) is 1. The molecule has 21 heavy (non-hydrogen) atoms. The lowest BCUT2D eigenvalue weighted by molar-refractivity contribution is 0.146. The molecule has 0 aliphatic carbocycles. The summed E-state index contributed by atoms with van der Waals surface area (Å²) in [5.74, 6) is 1.71. The molecule has 0 bridgehead atoms. The lowest BCUT2D eigenvalue weighted by atomic mass is 9.94. The van der Waals surface area contributed by atoms with E-state index in [-0.39, 0.29) is 6.04 Å². The highest BCUT2D eigenvalue weighted by Gasteiger charge is 2.24. The second kappa shape index (κ2) is 6.13. The van der Waals surface area contributed by atoms with Gasteiger partial charge in [-0.3, -0.25) is 4.90 Å². The number of hydrogen-bond donors (Lipinski definition) is 1. The van der Waals surface area contributed by atoms with E-state index >= 15 is 0 Å². The lowest BCUT2D eigenvalue weighted by Crippen LogP contribution is -2.47. The Bertz CT molecular complexity index is 615. The van der Waals surface area contributed by atoms with Gasteiger partial charge in [-0.2, -0.15) is 4.98 Å². The molecule has 2 aromatic rings. The molecule has 1 aromatic heterocycles. The summed E-state index contributed by atoms with van der Waals surface area (Å²) in [4.78, 5) is 6.69. The monoisotopic (exact) mass is 306 g/mol. The minimum absolute atomic E-state index is 0.213. The summed E-state index contributed by atoms with van der Waals surface area (Å²) in [6.45, 7) is 4.71. The van der Waals surface area contributed by atoms with E-state index in [0.29, 0.717) is 29.2 Å². The number of nitrogens with zero attached hydrogens (tertiary/aromatic N) is 3. The molecule has 1 aliphatic rings. The van der Waals surface area contributed by atoms with Gasteiger partial charge >= 0.3 is 0 Å². The normalized spacial score (nSPS) is 23.4. The zero-order chi connectivity index (χ0) is 14.8. The number of rotatable bonds is 3. The van der Waals surface area contributed by atoms with Crippen molar-refractivity contribution in [3.63, 3.8) is 0 Å². The van der Waals surface area contributed by atoms with Gasteiger partial charge in [0, 0.05) is 18.2 Å². The van der Waals surface area contributed by atoms with Crippen molar-refractivity contribution < 1.29 is 4.52 Å². The van der Waals surface area contributed by atoms with Crippen molar-refractivity contribution in [1.29, 1.82) is 0 Å². The molecule has 0 amide bonds. The quantitative estimate of drug-likeness (QED) is 0.944. The van der Waals surface area contributed by atoms with E-state index in [9.17, 15) is 0 Å². The maximum atomic E-state index is 6.15. The molecule has 1 aliphatic heterocycles. The summed E-state index contributed by atoms with van der Waals surface area (Å²) in [7, 11) is 0. The zero-order valence-electron chi connectivity index (χ0n) is 12.0. The molecule has 2 atom stereocenters. The number of likely N-dealkylation sites (tertiary alicyclic amines) is 1. The van der Waals surface area contributed by atoms with Crippen LogP contribution in [0.2, 0.25) is 5.02 Å². The van der Waals surface area contributed by atoms with Crippen LogP contribution >= 0.6 is 11.6 Å². The van der Waals surface area contributed by atoms with E-state index in [1.54, 1.807) is 0 Å². The topological polar surface area (TPSA) is 68.2 Å². The Balaban J connectivity index is 1.70. The third kappa shape index (κ3) is 3.26. The Morgan fingerprint density at radius 1 is 1.43 bits per heavy atom. The van der Waals surface area contributed by atoms with Crippen LogP contribution in [0.3, 0.4) is 0 Å². The molecule has 1 aromatic carbocycles. The molecule has 0 radical (unpaired) electrons. The predicted molar refractivity (Wildman–Crippen MR) is 81.8 cm³/mol. The predicted octanol–water partition coefficient (Wildman–Crippen LogP) is 2.56. The largest absolute Gasteiger partial charge is 0.338 e. The van der Waals surface area contributed by atoms with E-state index in [4.69, 9.17) is 21.9 Å². The fraction of sp³-hybridized carbons (Fsp3) is 0.467. The van der Waals surface area contributed by atoms with Crippen LogP contribution in [-0.4, -0.2) is 34.2 Å². The van der Waals surface area contributed by atoms with Gasteiger partial charge in [-0.1, -0.05) is 35.8 Å². The summed E-state index contributed by atoms with van der Waals surface area (Å²) < 4.78 is 5.34. The van der Waals surface area contributed by atoms with Crippen LogP contribution in [0.15, 0.2) is 28.8 Å². The highest BCUT2D eigenvalue weighted by molar-refractivity contribution is 6.33. The molecular formula is C15H19ClN4O. The fourth-order valence-electron chi connectivity index (χ4n) is 2.58. The van der Waals surface area contributed by atoms with Gasteiger partial charge < -0.3 is 10.3 Å². The van der Waals surface area contributed by atoms with Gasteiger partial charge in [-0.25, -0.2) is 0 Å². The molecule has 2 N–H and O–H groups in total. The van der Waals surface area contributed by atoms with Gasteiger partial charge in [0.1, 0.15) is 0 Å². The average Bonchev–Trinajstić information content (AvgIpc) is 2.92. The molecule has 1 saturated heterocycles. The Kier molecular flexibility index (Phi) is 4.24. The Labute approximate surface area is 129 Å². The molecule has 112 valence electrons. The maximum absolute atomic E-state index is 6.15. The number of halogens is 1. The molecule has 3 rings (SSSR count). The van der Waals surface area contributed by atoms with Crippen molar-refractivity contribution in [3.8, 4) is 11.4 Å². The number of hydrogen-bond acceptors (Lipinski definition) is 5. The first-order chi connectivity index (χ1) is 10.1. The van der Waals surface area contributed by atoms with Crippen LogP contribution in [0.4, 0.5) is 0 Å². The van der Waals surface area contributed by atoms with Crippen LogP contribution in [-0.2, 0) is 6.54 Å². The molecule has 1 fully saturated rings. The summed E-state index contributed by atoms with van der Waals surface area (Å²) in [5.41, 5.74) is 6.90. The Hall–Kier alpha value is -1.43. The van der Waals surface area contributed by atoms with Gasteiger partial charge in [-0.05, 0) is 31.0 Å². The van der Waals surface area contributed by atoms with Crippen molar-refractivity contribution in [2.45, 2.75) is 25.9 Å². The number of aromatic nitrogens is 2. The van der Waals surface area contributed by atoms with Gasteiger partial charge in [0.15, 0.2) is 0 Å². The number of benzene rings is 1. The SMILES string of the molecule is CC1CCN(Cc2nc(-c3ccccc3Cl)no2)CC1N. The minimum atomic E-state index is 0.213. The first-order valence-corrected chi connectivity index (χ1v) is 7.56. The van der Waals surface area contributed by atoms with Crippen molar-refractivity contribution in [2.24, 2.45) is 11.7 Å². The standard InChI is InChI=1S/C15H19ClN4O/c1-10-6-7-20(8-13(10)17)9-14-18-15(19-21-14)11-4-2-3-5-12(11)16/h2-5,10,13H,6-9,17H2,1H3. The van der Waals surface area contributed by atoms with Crippen molar-refractivity contribution in [3.05, 3.63) is 35.2 Å². The van der Waals surface area contributed by atoms with Gasteiger partial charge in [0.05, 0.1) is 11.6 Å². The van der Waals surface area contributed by atoms with Crippen LogP contribution in [0.5, 0.6) is 0 Å². The second-order valence-corrected chi connectivity index (χ2v) is 6.06.